The molecule has 0 radical (unpaired) electrons. The van der Waals surface area contributed by atoms with Crippen LogP contribution in [0.15, 0.2) is 66.7 Å². The highest BCUT2D eigenvalue weighted by Crippen LogP contribution is 2.57. The maximum absolute atomic E-state index is 7.89. The molecule has 4 aromatic rings. The van der Waals surface area contributed by atoms with E-state index in [-0.39, 0.29) is 5.41 Å². The third kappa shape index (κ3) is 3.04. The molecular weight excluding hydrogens is 400 g/mol. The van der Waals surface area contributed by atoms with Crippen LogP contribution >= 0.6 is 0 Å². The smallest absolute Gasteiger partial charge is 0.213 e. The topological polar surface area (TPSA) is 8.24 Å². The summed E-state index contributed by atoms with van der Waals surface area (Å²) in [5.41, 5.74) is 14.1. The fourth-order valence-electron chi connectivity index (χ4n) is 5.70. The first-order valence-corrected chi connectivity index (χ1v) is 11.5. The van der Waals surface area contributed by atoms with E-state index in [1.807, 2.05) is 12.1 Å². The molecule has 2 heteroatoms. The Bertz CT molecular complexity index is 1470. The standard InChI is InChI=1S/C31H29N2/c1-19-17-21(3)33(7)26(18-19)27-20(2)13-14-23-24-15-16-25(32-6)28(22-11-9-8-10-12-22)30(24)31(4,5)29(23)27/h8-18H,1-5,7H3/q+1. The molecule has 0 spiro atoms. The molecule has 0 saturated carbocycles. The molecule has 1 aliphatic carbocycles. The molecule has 0 atom stereocenters. The van der Waals surface area contributed by atoms with E-state index in [0.717, 1.165) is 16.8 Å². The number of nitrogens with zero attached hydrogens (tertiary/aromatic N) is 2. The third-order valence-corrected chi connectivity index (χ3v) is 7.27. The van der Waals surface area contributed by atoms with E-state index in [1.165, 1.54) is 50.3 Å². The Kier molecular flexibility index (Phi) is 4.76. The molecule has 2 nitrogen and oxygen atoms in total. The number of pyridine rings is 1. The van der Waals surface area contributed by atoms with Crippen molar-refractivity contribution in [3.63, 3.8) is 0 Å². The highest BCUT2D eigenvalue weighted by molar-refractivity contribution is 5.96. The first-order valence-electron chi connectivity index (χ1n) is 11.5. The minimum Gasteiger partial charge on any atom is -0.238 e. The zero-order valence-electron chi connectivity index (χ0n) is 20.2. The van der Waals surface area contributed by atoms with Gasteiger partial charge in [-0.15, -0.1) is 0 Å². The van der Waals surface area contributed by atoms with Gasteiger partial charge in [0, 0.05) is 24.5 Å². The Morgan fingerprint density at radius 3 is 2.09 bits per heavy atom. The van der Waals surface area contributed by atoms with Crippen molar-refractivity contribution < 1.29 is 4.57 Å². The lowest BCUT2D eigenvalue weighted by Crippen LogP contribution is -2.35. The summed E-state index contributed by atoms with van der Waals surface area (Å²) in [6.45, 7) is 19.1. The monoisotopic (exact) mass is 429 g/mol. The number of hydrogen-bond acceptors (Lipinski definition) is 0. The van der Waals surface area contributed by atoms with Gasteiger partial charge in [0.2, 0.25) is 5.69 Å². The van der Waals surface area contributed by atoms with E-state index in [0.29, 0.717) is 0 Å². The first-order chi connectivity index (χ1) is 15.8. The largest absolute Gasteiger partial charge is 0.238 e. The van der Waals surface area contributed by atoms with Gasteiger partial charge in [0.25, 0.3) is 0 Å². The quantitative estimate of drug-likeness (QED) is 0.229. The summed E-state index contributed by atoms with van der Waals surface area (Å²) in [7, 11) is 2.16. The van der Waals surface area contributed by atoms with Crippen molar-refractivity contribution >= 4 is 5.69 Å². The summed E-state index contributed by atoms with van der Waals surface area (Å²) in [6.07, 6.45) is 0. The van der Waals surface area contributed by atoms with Crippen LogP contribution in [0.3, 0.4) is 0 Å². The molecule has 33 heavy (non-hydrogen) atoms. The van der Waals surface area contributed by atoms with Crippen molar-refractivity contribution in [2.75, 3.05) is 0 Å². The predicted molar refractivity (Wildman–Crippen MR) is 137 cm³/mol. The number of hydrogen-bond donors (Lipinski definition) is 0. The summed E-state index contributed by atoms with van der Waals surface area (Å²) < 4.78 is 2.30. The molecule has 1 aliphatic rings. The van der Waals surface area contributed by atoms with E-state index in [9.17, 15) is 0 Å². The lowest BCUT2D eigenvalue weighted by atomic mass is 9.75. The number of benzene rings is 3. The second-order valence-corrected chi connectivity index (χ2v) is 9.78. The van der Waals surface area contributed by atoms with Gasteiger partial charge < -0.3 is 0 Å². The number of rotatable bonds is 2. The van der Waals surface area contributed by atoms with Crippen LogP contribution in [0.1, 0.15) is 41.8 Å². The zero-order chi connectivity index (χ0) is 23.5. The predicted octanol–water partition coefficient (Wildman–Crippen LogP) is 7.63. The molecule has 0 fully saturated rings. The van der Waals surface area contributed by atoms with Crippen molar-refractivity contribution in [1.82, 2.24) is 0 Å². The van der Waals surface area contributed by atoms with Gasteiger partial charge in [-0.3, -0.25) is 0 Å². The highest BCUT2D eigenvalue weighted by atomic mass is 14.9. The lowest BCUT2D eigenvalue weighted by Gasteiger charge is -2.27. The Morgan fingerprint density at radius 2 is 1.42 bits per heavy atom. The van der Waals surface area contributed by atoms with Gasteiger partial charge in [0.1, 0.15) is 7.05 Å². The minimum atomic E-state index is -0.247. The average molecular weight is 430 g/mol. The Labute approximate surface area is 197 Å². The van der Waals surface area contributed by atoms with Crippen LogP contribution in [0.2, 0.25) is 0 Å². The Balaban J connectivity index is 1.90. The van der Waals surface area contributed by atoms with Crippen LogP contribution in [-0.4, -0.2) is 0 Å². The molecule has 162 valence electrons. The maximum atomic E-state index is 7.89. The summed E-state index contributed by atoms with van der Waals surface area (Å²) in [5.74, 6) is 0. The first kappa shape index (κ1) is 21.2. The summed E-state index contributed by atoms with van der Waals surface area (Å²) in [4.78, 5) is 3.93. The van der Waals surface area contributed by atoms with Crippen molar-refractivity contribution in [2.24, 2.45) is 7.05 Å². The van der Waals surface area contributed by atoms with Crippen LogP contribution in [0.5, 0.6) is 0 Å². The van der Waals surface area contributed by atoms with E-state index in [2.05, 4.69) is 106 Å². The number of aromatic nitrogens is 1. The minimum absolute atomic E-state index is 0.247. The number of fused-ring (bicyclic) bond motifs is 3. The molecule has 0 unspecified atom stereocenters. The molecule has 0 bridgehead atoms. The third-order valence-electron chi connectivity index (χ3n) is 7.27. The Morgan fingerprint density at radius 1 is 0.788 bits per heavy atom. The summed E-state index contributed by atoms with van der Waals surface area (Å²) in [6, 6.07) is 23.6. The highest BCUT2D eigenvalue weighted by Gasteiger charge is 2.42. The van der Waals surface area contributed by atoms with Crippen molar-refractivity contribution in [1.29, 1.82) is 0 Å². The molecule has 3 aromatic carbocycles. The maximum Gasteiger partial charge on any atom is 0.213 e. The van der Waals surface area contributed by atoms with Gasteiger partial charge in [-0.05, 0) is 58.4 Å². The second kappa shape index (κ2) is 7.42. The van der Waals surface area contributed by atoms with Crippen molar-refractivity contribution in [2.45, 2.75) is 40.0 Å². The van der Waals surface area contributed by atoms with Crippen molar-refractivity contribution in [3.05, 3.63) is 106 Å². The van der Waals surface area contributed by atoms with Gasteiger partial charge in [-0.25, -0.2) is 4.85 Å². The Hall–Kier alpha value is -3.70. The molecule has 0 N–H and O–H groups in total. The van der Waals surface area contributed by atoms with Crippen LogP contribution in [0.25, 0.3) is 38.4 Å². The van der Waals surface area contributed by atoms with E-state index in [1.54, 1.807) is 0 Å². The van der Waals surface area contributed by atoms with Gasteiger partial charge in [-0.1, -0.05) is 68.4 Å². The van der Waals surface area contributed by atoms with Crippen LogP contribution in [0, 0.1) is 27.3 Å². The fraction of sp³-hybridized carbons (Fsp3) is 0.226. The van der Waals surface area contributed by atoms with E-state index < -0.39 is 0 Å². The molecule has 0 aliphatic heterocycles. The van der Waals surface area contributed by atoms with Crippen LogP contribution < -0.4 is 4.57 Å². The molecule has 5 rings (SSSR count). The molecule has 1 heterocycles. The lowest BCUT2D eigenvalue weighted by molar-refractivity contribution is -0.666. The van der Waals surface area contributed by atoms with E-state index >= 15 is 0 Å². The molecular formula is C31H29N2+. The van der Waals surface area contributed by atoms with Gasteiger partial charge >= 0.3 is 0 Å². The molecule has 1 aromatic heterocycles. The van der Waals surface area contributed by atoms with Gasteiger partial charge in [0.05, 0.1) is 12.1 Å². The zero-order valence-corrected chi connectivity index (χ0v) is 20.2. The SMILES string of the molecule is [C-]#[N+]c1ccc2c(c1-c1ccccc1)C(C)(C)c1c-2ccc(C)c1-c1cc(C)cc(C)[n+]1C. The molecule has 0 amide bonds. The number of aryl methyl sites for hydroxylation is 3. The van der Waals surface area contributed by atoms with Gasteiger partial charge in [0.15, 0.2) is 11.4 Å². The van der Waals surface area contributed by atoms with Gasteiger partial charge in [-0.2, -0.15) is 4.57 Å². The van der Waals surface area contributed by atoms with Crippen LogP contribution in [0.4, 0.5) is 5.69 Å². The van der Waals surface area contributed by atoms with Crippen LogP contribution in [-0.2, 0) is 12.5 Å². The second-order valence-electron chi connectivity index (χ2n) is 9.78. The summed E-state index contributed by atoms with van der Waals surface area (Å²) in [5, 5.41) is 0. The average Bonchev–Trinajstić information content (AvgIpc) is 3.03. The summed E-state index contributed by atoms with van der Waals surface area (Å²) >= 11 is 0. The molecule has 0 saturated heterocycles. The van der Waals surface area contributed by atoms with Crippen molar-refractivity contribution in [3.8, 4) is 33.5 Å². The van der Waals surface area contributed by atoms with E-state index in [4.69, 9.17) is 6.57 Å². The fourth-order valence-corrected chi connectivity index (χ4v) is 5.70. The normalized spacial score (nSPS) is 13.4.